The first kappa shape index (κ1) is 24.1. The summed E-state index contributed by atoms with van der Waals surface area (Å²) >= 11 is 0. The van der Waals surface area contributed by atoms with E-state index in [2.05, 4.69) is 55.5 Å². The monoisotopic (exact) mass is 448 g/mol. The highest BCUT2D eigenvalue weighted by atomic mass is 32.3. The van der Waals surface area contributed by atoms with Crippen LogP contribution >= 0.6 is 10.3 Å². The molecule has 0 amide bonds. The fourth-order valence-electron chi connectivity index (χ4n) is 4.09. The molecule has 3 rings (SSSR count). The Labute approximate surface area is 195 Å². The van der Waals surface area contributed by atoms with Gasteiger partial charge in [0.05, 0.1) is 0 Å². The van der Waals surface area contributed by atoms with Gasteiger partial charge in [-0.05, 0) is 65.1 Å². The Hall–Kier alpha value is -2.52. The van der Waals surface area contributed by atoms with Crippen molar-refractivity contribution < 1.29 is 8.98 Å². The number of unbranched alkanes of at least 4 members (excludes halogenated alkanes) is 6. The maximum absolute atomic E-state index is 12.3. The molecule has 0 atom stereocenters. The van der Waals surface area contributed by atoms with E-state index in [1.807, 2.05) is 36.4 Å². The average molecular weight is 449 g/mol. The van der Waals surface area contributed by atoms with Gasteiger partial charge < -0.3 is 4.18 Å². The van der Waals surface area contributed by atoms with Gasteiger partial charge in [0.1, 0.15) is 0 Å². The SMILES string of the molecule is CCCCCCCCCc1ccc(S(OC(C)=O)(c2ccccc2)c2ccccc2)cc1. The fraction of sp³-hybridized carbons (Fsp3) is 0.345. The van der Waals surface area contributed by atoms with Crippen LogP contribution in [0.5, 0.6) is 0 Å². The van der Waals surface area contributed by atoms with E-state index < -0.39 is 10.3 Å². The Morgan fingerprint density at radius 3 is 1.62 bits per heavy atom. The molecule has 0 unspecified atom stereocenters. The summed E-state index contributed by atoms with van der Waals surface area (Å²) in [5.74, 6) is -0.264. The Balaban J connectivity index is 1.83. The summed E-state index contributed by atoms with van der Waals surface area (Å²) in [6.45, 7) is 3.76. The molecule has 0 aromatic heterocycles. The van der Waals surface area contributed by atoms with Crippen LogP contribution in [0.15, 0.2) is 99.6 Å². The first-order valence-corrected chi connectivity index (χ1v) is 13.4. The standard InChI is InChI=1S/C29H36O2S/c1-3-4-5-6-7-8-11-16-26-21-23-29(24-22-26)32(31-25(2)30,27-17-12-9-13-18-27)28-19-14-10-15-20-28/h9-10,12-15,17-24H,3-8,11,16H2,1-2H3. The average Bonchev–Trinajstić information content (AvgIpc) is 2.83. The van der Waals surface area contributed by atoms with E-state index in [-0.39, 0.29) is 5.97 Å². The van der Waals surface area contributed by atoms with Crippen LogP contribution in [0.3, 0.4) is 0 Å². The van der Waals surface area contributed by atoms with Gasteiger partial charge in [0, 0.05) is 21.6 Å². The summed E-state index contributed by atoms with van der Waals surface area (Å²) in [5.41, 5.74) is 1.35. The largest absolute Gasteiger partial charge is 0.402 e. The molecule has 0 fully saturated rings. The number of carbonyl (C=O) groups excluding carboxylic acids is 1. The highest BCUT2D eigenvalue weighted by Gasteiger charge is 2.34. The van der Waals surface area contributed by atoms with E-state index in [1.165, 1.54) is 57.4 Å². The molecule has 0 radical (unpaired) electrons. The molecule has 0 bridgehead atoms. The third-order valence-electron chi connectivity index (χ3n) is 5.72. The third-order valence-corrected chi connectivity index (χ3v) is 9.01. The number of hydrogen-bond donors (Lipinski definition) is 0. The van der Waals surface area contributed by atoms with Crippen molar-refractivity contribution in [3.63, 3.8) is 0 Å². The lowest BCUT2D eigenvalue weighted by atomic mass is 10.0. The summed E-state index contributed by atoms with van der Waals surface area (Å²) in [7, 11) is -2.14. The molecule has 3 heteroatoms. The lowest BCUT2D eigenvalue weighted by Crippen LogP contribution is -2.11. The van der Waals surface area contributed by atoms with Crippen molar-refractivity contribution in [2.45, 2.75) is 79.9 Å². The first-order chi connectivity index (χ1) is 15.7. The second kappa shape index (κ2) is 12.5. The van der Waals surface area contributed by atoms with Crippen LogP contribution in [0.1, 0.15) is 64.4 Å². The van der Waals surface area contributed by atoms with Gasteiger partial charge in [-0.3, -0.25) is 4.79 Å². The molecular formula is C29H36O2S. The lowest BCUT2D eigenvalue weighted by Gasteiger charge is -2.39. The van der Waals surface area contributed by atoms with Crippen molar-refractivity contribution >= 4 is 16.3 Å². The zero-order chi connectivity index (χ0) is 22.7. The van der Waals surface area contributed by atoms with Gasteiger partial charge in [-0.25, -0.2) is 0 Å². The number of benzene rings is 3. The summed E-state index contributed by atoms with van der Waals surface area (Å²) in [6, 6.07) is 29.1. The minimum Gasteiger partial charge on any atom is -0.402 e. The van der Waals surface area contributed by atoms with Gasteiger partial charge in [-0.15, -0.1) is 0 Å². The molecule has 0 heterocycles. The van der Waals surface area contributed by atoms with Gasteiger partial charge in [-0.1, -0.05) is 94.0 Å². The molecule has 0 spiro atoms. The van der Waals surface area contributed by atoms with Gasteiger partial charge in [-0.2, -0.15) is 0 Å². The fourth-order valence-corrected chi connectivity index (χ4v) is 7.14. The van der Waals surface area contributed by atoms with Crippen molar-refractivity contribution in [1.82, 2.24) is 0 Å². The van der Waals surface area contributed by atoms with Gasteiger partial charge >= 0.3 is 5.97 Å². The van der Waals surface area contributed by atoms with E-state index in [4.69, 9.17) is 4.18 Å². The molecular weight excluding hydrogens is 412 g/mol. The molecule has 0 aliphatic rings. The third kappa shape index (κ3) is 6.26. The van der Waals surface area contributed by atoms with Crippen LogP contribution in [0.2, 0.25) is 0 Å². The molecule has 0 saturated heterocycles. The highest BCUT2D eigenvalue weighted by molar-refractivity contribution is 8.30. The van der Waals surface area contributed by atoms with Crippen molar-refractivity contribution in [2.24, 2.45) is 0 Å². The van der Waals surface area contributed by atoms with Crippen LogP contribution in [-0.2, 0) is 15.4 Å². The summed E-state index contributed by atoms with van der Waals surface area (Å²) < 4.78 is 6.23. The minimum absolute atomic E-state index is 0.264. The van der Waals surface area contributed by atoms with E-state index >= 15 is 0 Å². The number of aryl methyl sites for hydroxylation is 1. The Kier molecular flexibility index (Phi) is 9.43. The maximum Gasteiger partial charge on any atom is 0.313 e. The van der Waals surface area contributed by atoms with Crippen LogP contribution in [0.25, 0.3) is 0 Å². The molecule has 3 aromatic rings. The van der Waals surface area contributed by atoms with Gasteiger partial charge in [0.15, 0.2) is 0 Å². The molecule has 2 nitrogen and oxygen atoms in total. The Morgan fingerprint density at radius 2 is 1.12 bits per heavy atom. The topological polar surface area (TPSA) is 26.3 Å². The molecule has 0 aliphatic heterocycles. The van der Waals surface area contributed by atoms with E-state index in [0.717, 1.165) is 21.1 Å². The lowest BCUT2D eigenvalue weighted by molar-refractivity contribution is -0.131. The van der Waals surface area contributed by atoms with Crippen molar-refractivity contribution in [1.29, 1.82) is 0 Å². The van der Waals surface area contributed by atoms with E-state index in [1.54, 1.807) is 0 Å². The molecule has 0 saturated carbocycles. The first-order valence-electron chi connectivity index (χ1n) is 11.9. The van der Waals surface area contributed by atoms with Crippen LogP contribution in [-0.4, -0.2) is 5.97 Å². The van der Waals surface area contributed by atoms with Crippen LogP contribution in [0, 0.1) is 0 Å². The van der Waals surface area contributed by atoms with Gasteiger partial charge in [0.2, 0.25) is 0 Å². The zero-order valence-corrected chi connectivity index (χ0v) is 20.3. The molecule has 0 aliphatic carbocycles. The second-order valence-electron chi connectivity index (χ2n) is 8.27. The number of carbonyl (C=O) groups is 1. The Bertz CT molecular complexity index is 896. The summed E-state index contributed by atoms with van der Waals surface area (Å²) in [6.07, 6.45) is 10.3. The highest BCUT2D eigenvalue weighted by Crippen LogP contribution is 2.69. The van der Waals surface area contributed by atoms with E-state index in [9.17, 15) is 4.79 Å². The molecule has 3 aromatic carbocycles. The van der Waals surface area contributed by atoms with Crippen LogP contribution < -0.4 is 0 Å². The van der Waals surface area contributed by atoms with Crippen molar-refractivity contribution in [3.05, 3.63) is 90.5 Å². The Morgan fingerprint density at radius 1 is 0.656 bits per heavy atom. The smallest absolute Gasteiger partial charge is 0.313 e. The summed E-state index contributed by atoms with van der Waals surface area (Å²) in [4.78, 5) is 15.4. The maximum atomic E-state index is 12.3. The zero-order valence-electron chi connectivity index (χ0n) is 19.5. The number of hydrogen-bond acceptors (Lipinski definition) is 2. The molecule has 0 N–H and O–H groups in total. The normalized spacial score (nSPS) is 11.8. The minimum atomic E-state index is -2.14. The predicted octanol–water partition coefficient (Wildman–Crippen LogP) is 8.74. The van der Waals surface area contributed by atoms with Crippen molar-refractivity contribution in [2.75, 3.05) is 0 Å². The second-order valence-corrected chi connectivity index (χ2v) is 11.0. The predicted molar refractivity (Wildman–Crippen MR) is 135 cm³/mol. The number of rotatable bonds is 12. The quantitative estimate of drug-likeness (QED) is 0.259. The van der Waals surface area contributed by atoms with Crippen molar-refractivity contribution in [3.8, 4) is 0 Å². The summed E-state index contributed by atoms with van der Waals surface area (Å²) in [5, 5.41) is 0. The molecule has 32 heavy (non-hydrogen) atoms. The molecule has 170 valence electrons. The van der Waals surface area contributed by atoms with Gasteiger partial charge in [0.25, 0.3) is 0 Å². The van der Waals surface area contributed by atoms with E-state index in [0.29, 0.717) is 0 Å². The van der Waals surface area contributed by atoms with Crippen LogP contribution in [0.4, 0.5) is 0 Å².